The minimum Gasteiger partial charge on any atom is -0.390 e. The quantitative estimate of drug-likeness (QED) is 0.735. The smallest absolute Gasteiger partial charge is 0.293 e. The Morgan fingerprint density at radius 2 is 1.89 bits per heavy atom. The molecule has 1 heterocycles. The highest BCUT2D eigenvalue weighted by atomic mass is 32.2. The van der Waals surface area contributed by atoms with Crippen molar-refractivity contribution < 1.29 is 24.6 Å². The van der Waals surface area contributed by atoms with Crippen LogP contribution < -0.4 is 0 Å². The minimum absolute atomic E-state index is 0.0742. The zero-order valence-electron chi connectivity index (χ0n) is 15.6. The summed E-state index contributed by atoms with van der Waals surface area (Å²) in [6.07, 6.45) is 2.06. The third kappa shape index (κ3) is 3.32. The monoisotopic (exact) mass is 401 g/mol. The van der Waals surface area contributed by atoms with Gasteiger partial charge in [-0.05, 0) is 60.1 Å². The molecule has 1 aliphatic heterocycles. The number of hydrogen-bond acceptors (Lipinski definition) is 6. The average molecular weight is 401 g/mol. The van der Waals surface area contributed by atoms with Crippen LogP contribution in [0.5, 0.6) is 0 Å². The van der Waals surface area contributed by atoms with E-state index in [1.54, 1.807) is 6.08 Å². The molecule has 7 heteroatoms. The van der Waals surface area contributed by atoms with Crippen LogP contribution in [0.15, 0.2) is 29.2 Å². The van der Waals surface area contributed by atoms with Crippen LogP contribution in [-0.4, -0.2) is 50.8 Å². The molecular formula is C21H23NO5S. The van der Waals surface area contributed by atoms with Crippen LogP contribution in [0.25, 0.3) is 6.08 Å². The summed E-state index contributed by atoms with van der Waals surface area (Å²) in [5.74, 6) is -1.42. The summed E-state index contributed by atoms with van der Waals surface area (Å²) in [6.45, 7) is 1.79. The molecule has 2 saturated carbocycles. The van der Waals surface area contributed by atoms with Crippen molar-refractivity contribution in [3.05, 3.63) is 40.3 Å². The molecule has 2 N–H and O–H groups in total. The first kappa shape index (κ1) is 19.4. The molecule has 1 saturated heterocycles. The van der Waals surface area contributed by atoms with Gasteiger partial charge in [0.2, 0.25) is 0 Å². The van der Waals surface area contributed by atoms with Gasteiger partial charge in [0.25, 0.3) is 11.1 Å². The summed E-state index contributed by atoms with van der Waals surface area (Å²) in [7, 11) is 0. The van der Waals surface area contributed by atoms with Crippen molar-refractivity contribution in [2.75, 3.05) is 6.54 Å². The van der Waals surface area contributed by atoms with Gasteiger partial charge in [0.1, 0.15) is 0 Å². The maximum atomic E-state index is 12.7. The number of ketones is 1. The lowest BCUT2D eigenvalue weighted by atomic mass is 9.82. The van der Waals surface area contributed by atoms with Gasteiger partial charge in [0, 0.05) is 5.92 Å². The third-order valence-corrected chi connectivity index (χ3v) is 7.11. The summed E-state index contributed by atoms with van der Waals surface area (Å²) < 4.78 is 0. The third-order valence-electron chi connectivity index (χ3n) is 6.21. The Morgan fingerprint density at radius 1 is 1.18 bits per heavy atom. The topological polar surface area (TPSA) is 94.9 Å². The highest BCUT2D eigenvalue weighted by Gasteiger charge is 2.54. The standard InChI is InChI=1S/C21H23NO5S/c1-2-11-3-5-12(6-4-11)7-17-20(26)22(21(27)28-17)10-16(23)14-8-13-9-15(14)19(25)18(13)24/h3-7,13-15,18-19,24-25H,2,8-10H2,1H3/b17-7-/t13-,14+,15-,18+,19-/m1/s1. The second-order valence-electron chi connectivity index (χ2n) is 7.81. The van der Waals surface area contributed by atoms with Crippen LogP contribution in [0.1, 0.15) is 30.9 Å². The number of aryl methyl sites for hydroxylation is 1. The fraction of sp³-hybridized carbons (Fsp3) is 0.476. The summed E-state index contributed by atoms with van der Waals surface area (Å²) in [5.41, 5.74) is 2.02. The molecular weight excluding hydrogens is 378 g/mol. The van der Waals surface area contributed by atoms with E-state index in [1.807, 2.05) is 24.3 Å². The van der Waals surface area contributed by atoms with Crippen molar-refractivity contribution in [2.24, 2.45) is 17.8 Å². The van der Waals surface area contributed by atoms with Crippen molar-refractivity contribution in [2.45, 2.75) is 38.4 Å². The van der Waals surface area contributed by atoms with Crippen molar-refractivity contribution >= 4 is 34.8 Å². The number of aliphatic hydroxyl groups excluding tert-OH is 2. The van der Waals surface area contributed by atoms with Crippen LogP contribution in [-0.2, 0) is 16.0 Å². The largest absolute Gasteiger partial charge is 0.390 e. The molecule has 3 fully saturated rings. The minimum atomic E-state index is -0.895. The summed E-state index contributed by atoms with van der Waals surface area (Å²) in [5, 5.41) is 19.5. The normalized spacial score (nSPS) is 33.3. The Kier molecular flexibility index (Phi) is 5.16. The maximum Gasteiger partial charge on any atom is 0.293 e. The Balaban J connectivity index is 1.44. The van der Waals surface area contributed by atoms with Gasteiger partial charge in [0.15, 0.2) is 5.78 Å². The number of thioether (sulfide) groups is 1. The highest BCUT2D eigenvalue weighted by Crippen LogP contribution is 2.49. The predicted molar refractivity (Wildman–Crippen MR) is 105 cm³/mol. The van der Waals surface area contributed by atoms with E-state index in [2.05, 4.69) is 6.92 Å². The summed E-state index contributed by atoms with van der Waals surface area (Å²) >= 11 is 0.844. The number of Topliss-reactive ketones (excluding diaryl/α,β-unsaturated/α-hetero) is 1. The van der Waals surface area contributed by atoms with E-state index in [9.17, 15) is 24.6 Å². The van der Waals surface area contributed by atoms with Gasteiger partial charge in [-0.2, -0.15) is 0 Å². The molecule has 28 heavy (non-hydrogen) atoms. The molecule has 5 atom stereocenters. The number of carbonyl (C=O) groups excluding carboxylic acids is 3. The van der Waals surface area contributed by atoms with E-state index >= 15 is 0 Å². The summed E-state index contributed by atoms with van der Waals surface area (Å²) in [6, 6.07) is 7.77. The molecule has 0 radical (unpaired) electrons. The molecule has 148 valence electrons. The Labute approximate surface area is 167 Å². The molecule has 4 rings (SSSR count). The SMILES string of the molecule is CCc1ccc(/C=C2\SC(=O)N(CC(=O)[C@H]3C[C@@H]4C[C@H]3[C@@H](O)[C@H]4O)C2=O)cc1. The lowest BCUT2D eigenvalue weighted by molar-refractivity contribution is -0.133. The molecule has 2 amide bonds. The first-order chi connectivity index (χ1) is 13.4. The van der Waals surface area contributed by atoms with Gasteiger partial charge in [-0.15, -0.1) is 0 Å². The van der Waals surface area contributed by atoms with E-state index < -0.39 is 29.3 Å². The zero-order valence-corrected chi connectivity index (χ0v) is 16.4. The number of aliphatic hydroxyl groups is 2. The van der Waals surface area contributed by atoms with Crippen LogP contribution in [0.2, 0.25) is 0 Å². The first-order valence-corrected chi connectivity index (χ1v) is 10.4. The molecule has 2 aliphatic carbocycles. The number of amides is 2. The van der Waals surface area contributed by atoms with Gasteiger partial charge in [-0.3, -0.25) is 19.3 Å². The zero-order chi connectivity index (χ0) is 20.0. The van der Waals surface area contributed by atoms with Gasteiger partial charge in [-0.25, -0.2) is 0 Å². The van der Waals surface area contributed by atoms with Crippen LogP contribution in [0.3, 0.4) is 0 Å². The lowest BCUT2D eigenvalue weighted by Crippen LogP contribution is -2.43. The van der Waals surface area contributed by atoms with Crippen LogP contribution in [0, 0.1) is 17.8 Å². The molecule has 0 spiro atoms. The van der Waals surface area contributed by atoms with Crippen molar-refractivity contribution in [1.82, 2.24) is 4.90 Å². The molecule has 0 aromatic heterocycles. The van der Waals surface area contributed by atoms with E-state index in [0.29, 0.717) is 17.7 Å². The maximum absolute atomic E-state index is 12.7. The van der Waals surface area contributed by atoms with Crippen LogP contribution in [0.4, 0.5) is 4.79 Å². The van der Waals surface area contributed by atoms with Gasteiger partial charge >= 0.3 is 0 Å². The number of rotatable bonds is 5. The van der Waals surface area contributed by atoms with Crippen LogP contribution >= 0.6 is 11.8 Å². The second-order valence-corrected chi connectivity index (χ2v) is 8.81. The Morgan fingerprint density at radius 3 is 2.50 bits per heavy atom. The van der Waals surface area contributed by atoms with E-state index in [-0.39, 0.29) is 24.2 Å². The Hall–Kier alpha value is -1.96. The van der Waals surface area contributed by atoms with Crippen molar-refractivity contribution in [3.63, 3.8) is 0 Å². The van der Waals surface area contributed by atoms with Gasteiger partial charge in [-0.1, -0.05) is 31.2 Å². The summed E-state index contributed by atoms with van der Waals surface area (Å²) in [4.78, 5) is 38.9. The fourth-order valence-corrected chi connectivity index (χ4v) is 5.42. The van der Waals surface area contributed by atoms with E-state index in [4.69, 9.17) is 0 Å². The number of hydrogen-bond donors (Lipinski definition) is 2. The van der Waals surface area contributed by atoms with Gasteiger partial charge < -0.3 is 10.2 Å². The molecule has 0 unspecified atom stereocenters. The highest BCUT2D eigenvalue weighted by molar-refractivity contribution is 8.18. The number of fused-ring (bicyclic) bond motifs is 2. The number of imide groups is 1. The Bertz CT molecular complexity index is 847. The lowest BCUT2D eigenvalue weighted by Gasteiger charge is -2.29. The van der Waals surface area contributed by atoms with Crippen molar-refractivity contribution in [3.8, 4) is 0 Å². The molecule has 1 aromatic carbocycles. The fourth-order valence-electron chi connectivity index (χ4n) is 4.58. The van der Waals surface area contributed by atoms with E-state index in [0.717, 1.165) is 28.6 Å². The molecule has 3 aliphatic rings. The number of benzene rings is 1. The second kappa shape index (κ2) is 7.46. The molecule has 2 bridgehead atoms. The molecule has 6 nitrogen and oxygen atoms in total. The number of carbonyl (C=O) groups is 3. The number of nitrogens with zero attached hydrogens (tertiary/aromatic N) is 1. The first-order valence-electron chi connectivity index (χ1n) is 9.62. The van der Waals surface area contributed by atoms with Crippen molar-refractivity contribution in [1.29, 1.82) is 0 Å². The van der Waals surface area contributed by atoms with E-state index in [1.165, 1.54) is 5.56 Å². The predicted octanol–water partition coefficient (Wildman–Crippen LogP) is 2.23. The molecule has 1 aromatic rings. The average Bonchev–Trinajstić information content (AvgIpc) is 3.32. The van der Waals surface area contributed by atoms with Gasteiger partial charge in [0.05, 0.1) is 23.7 Å².